The summed E-state index contributed by atoms with van der Waals surface area (Å²) in [6, 6.07) is 4.21. The monoisotopic (exact) mass is 581 g/mol. The van der Waals surface area contributed by atoms with E-state index in [2.05, 4.69) is 43.6 Å². The number of aromatic hydroxyl groups is 1. The fraction of sp³-hybridized carbons (Fsp3) is 0.643. The van der Waals surface area contributed by atoms with Gasteiger partial charge in [-0.3, -0.25) is 4.98 Å². The number of nitrogens with one attached hydrogen (secondary N) is 1. The van der Waals surface area contributed by atoms with Crippen molar-refractivity contribution < 1.29 is 27.5 Å². The largest absolute Gasteiger partial charge is 0.506 e. The van der Waals surface area contributed by atoms with E-state index in [1.54, 1.807) is 39.8 Å². The van der Waals surface area contributed by atoms with Gasteiger partial charge in [0.1, 0.15) is 11.4 Å². The SMILES string of the molecule is CCc1ncc(O)c2c(S(=O)(=O)N[C@H](C)CN(CCCO[Si](C)(C)C(C)(C)C)C(=O)OC(C)(C)C)cccc12. The number of pyridine rings is 1. The van der Waals surface area contributed by atoms with Crippen molar-refractivity contribution in [1.82, 2.24) is 14.6 Å². The highest BCUT2D eigenvalue weighted by atomic mass is 32.2. The van der Waals surface area contributed by atoms with E-state index in [0.29, 0.717) is 37.1 Å². The van der Waals surface area contributed by atoms with Crippen LogP contribution in [0.15, 0.2) is 29.3 Å². The second-order valence-corrected chi connectivity index (χ2v) is 19.0. The van der Waals surface area contributed by atoms with Crippen molar-refractivity contribution in [2.24, 2.45) is 0 Å². The summed E-state index contributed by atoms with van der Waals surface area (Å²) >= 11 is 0. The molecule has 39 heavy (non-hydrogen) atoms. The van der Waals surface area contributed by atoms with Gasteiger partial charge in [-0.1, -0.05) is 39.8 Å². The van der Waals surface area contributed by atoms with Crippen LogP contribution >= 0.6 is 0 Å². The number of hydrogen-bond donors (Lipinski definition) is 2. The van der Waals surface area contributed by atoms with Crippen LogP contribution in [-0.4, -0.2) is 69.2 Å². The van der Waals surface area contributed by atoms with E-state index in [1.807, 2.05) is 6.92 Å². The van der Waals surface area contributed by atoms with E-state index in [1.165, 1.54) is 17.2 Å². The molecule has 0 radical (unpaired) electrons. The predicted octanol–water partition coefficient (Wildman–Crippen LogP) is 5.82. The average molecular weight is 582 g/mol. The fourth-order valence-electron chi connectivity index (χ4n) is 3.89. The molecular weight excluding hydrogens is 534 g/mol. The van der Waals surface area contributed by atoms with Gasteiger partial charge in [0.2, 0.25) is 10.0 Å². The lowest BCUT2D eigenvalue weighted by Crippen LogP contribution is -2.46. The summed E-state index contributed by atoms with van der Waals surface area (Å²) in [6.45, 7) is 20.8. The number of aromatic nitrogens is 1. The highest BCUT2D eigenvalue weighted by Crippen LogP contribution is 2.36. The van der Waals surface area contributed by atoms with Gasteiger partial charge in [-0.05, 0) is 64.7 Å². The van der Waals surface area contributed by atoms with Gasteiger partial charge in [0.25, 0.3) is 0 Å². The summed E-state index contributed by atoms with van der Waals surface area (Å²) < 4.78 is 41.5. The molecule has 1 aromatic heterocycles. The van der Waals surface area contributed by atoms with Crippen LogP contribution in [0.1, 0.15) is 67.5 Å². The Balaban J connectivity index is 2.22. The molecule has 0 spiro atoms. The van der Waals surface area contributed by atoms with Gasteiger partial charge < -0.3 is 19.2 Å². The molecule has 0 saturated carbocycles. The molecule has 2 aromatic rings. The minimum absolute atomic E-state index is 0.0342. The molecule has 1 atom stereocenters. The third-order valence-corrected chi connectivity index (χ3v) is 13.1. The number of hydrogen-bond acceptors (Lipinski definition) is 7. The summed E-state index contributed by atoms with van der Waals surface area (Å²) in [5.74, 6) is -0.201. The van der Waals surface area contributed by atoms with E-state index in [-0.39, 0.29) is 27.6 Å². The van der Waals surface area contributed by atoms with Crippen LogP contribution in [0.3, 0.4) is 0 Å². The summed E-state index contributed by atoms with van der Waals surface area (Å²) in [5, 5.41) is 11.4. The lowest BCUT2D eigenvalue weighted by atomic mass is 10.1. The molecule has 0 unspecified atom stereocenters. The number of ether oxygens (including phenoxy) is 1. The Morgan fingerprint density at radius 3 is 2.38 bits per heavy atom. The molecule has 0 bridgehead atoms. The number of carbonyl (C=O) groups is 1. The predicted molar refractivity (Wildman–Crippen MR) is 158 cm³/mol. The number of fused-ring (bicyclic) bond motifs is 1. The third-order valence-electron chi connectivity index (χ3n) is 6.90. The molecule has 2 rings (SSSR count). The van der Waals surface area contributed by atoms with E-state index < -0.39 is 36.1 Å². The molecule has 2 N–H and O–H groups in total. The number of amides is 1. The van der Waals surface area contributed by atoms with E-state index in [4.69, 9.17) is 9.16 Å². The average Bonchev–Trinajstić information content (AvgIpc) is 2.78. The number of nitrogens with zero attached hydrogens (tertiary/aromatic N) is 2. The minimum atomic E-state index is -4.04. The van der Waals surface area contributed by atoms with Crippen molar-refractivity contribution in [3.63, 3.8) is 0 Å². The highest BCUT2D eigenvalue weighted by molar-refractivity contribution is 7.89. The zero-order valence-corrected chi connectivity index (χ0v) is 27.0. The maximum atomic E-state index is 13.5. The molecule has 0 aliphatic carbocycles. The molecule has 1 aromatic carbocycles. The van der Waals surface area contributed by atoms with E-state index in [9.17, 15) is 18.3 Å². The zero-order chi connectivity index (χ0) is 29.8. The van der Waals surface area contributed by atoms with Crippen LogP contribution in [0.25, 0.3) is 10.8 Å². The van der Waals surface area contributed by atoms with Gasteiger partial charge in [0.15, 0.2) is 8.32 Å². The Hall–Kier alpha value is -2.21. The van der Waals surface area contributed by atoms with Gasteiger partial charge in [-0.2, -0.15) is 0 Å². The molecule has 0 saturated heterocycles. The Morgan fingerprint density at radius 1 is 1.18 bits per heavy atom. The van der Waals surface area contributed by atoms with Gasteiger partial charge in [-0.15, -0.1) is 0 Å². The lowest BCUT2D eigenvalue weighted by molar-refractivity contribution is 0.0230. The maximum Gasteiger partial charge on any atom is 0.410 e. The van der Waals surface area contributed by atoms with Gasteiger partial charge >= 0.3 is 6.09 Å². The molecule has 220 valence electrons. The van der Waals surface area contributed by atoms with Crippen molar-refractivity contribution in [2.45, 2.75) is 103 Å². The lowest BCUT2D eigenvalue weighted by Gasteiger charge is -2.36. The Labute approximate surface area is 235 Å². The van der Waals surface area contributed by atoms with Gasteiger partial charge in [0.05, 0.1) is 11.1 Å². The van der Waals surface area contributed by atoms with Crippen molar-refractivity contribution in [3.05, 3.63) is 30.1 Å². The number of rotatable bonds is 11. The van der Waals surface area contributed by atoms with E-state index >= 15 is 0 Å². The third kappa shape index (κ3) is 8.89. The van der Waals surface area contributed by atoms with Crippen molar-refractivity contribution >= 4 is 35.2 Å². The van der Waals surface area contributed by atoms with Crippen LogP contribution in [0.4, 0.5) is 4.79 Å². The first-order valence-electron chi connectivity index (χ1n) is 13.5. The second-order valence-electron chi connectivity index (χ2n) is 12.5. The van der Waals surface area contributed by atoms with E-state index in [0.717, 1.165) is 0 Å². The van der Waals surface area contributed by atoms with Crippen LogP contribution in [-0.2, 0) is 25.6 Å². The number of sulfonamides is 1. The number of carbonyl (C=O) groups excluding carboxylic acids is 1. The molecule has 1 heterocycles. The molecule has 11 heteroatoms. The molecule has 1 amide bonds. The Kier molecular flexibility index (Phi) is 10.6. The Bertz CT molecular complexity index is 1250. The molecule has 0 fully saturated rings. The van der Waals surface area contributed by atoms with Crippen LogP contribution in [0.2, 0.25) is 18.1 Å². The molecular formula is C28H47N3O6SSi. The molecule has 0 aliphatic heterocycles. The topological polar surface area (TPSA) is 118 Å². The van der Waals surface area contributed by atoms with Crippen molar-refractivity contribution in [1.29, 1.82) is 0 Å². The maximum absolute atomic E-state index is 13.5. The minimum Gasteiger partial charge on any atom is -0.506 e. The summed E-state index contributed by atoms with van der Waals surface area (Å²) in [7, 11) is -5.97. The highest BCUT2D eigenvalue weighted by Gasteiger charge is 2.37. The fourth-order valence-corrected chi connectivity index (χ4v) is 6.45. The van der Waals surface area contributed by atoms with Crippen LogP contribution in [0, 0.1) is 0 Å². The zero-order valence-electron chi connectivity index (χ0n) is 25.2. The summed E-state index contributed by atoms with van der Waals surface area (Å²) in [4.78, 5) is 18.7. The second kappa shape index (κ2) is 12.5. The number of aryl methyl sites for hydroxylation is 1. The van der Waals surface area contributed by atoms with Gasteiger partial charge in [-0.25, -0.2) is 17.9 Å². The quantitative estimate of drug-likeness (QED) is 0.254. The normalized spacial score (nSPS) is 13.9. The number of benzene rings is 1. The standard InChI is InChI=1S/C28H47N3O6SSi/c1-11-22-21-14-12-15-24(25(21)23(32)18-29-22)38(34,35)30-20(2)19-31(26(33)37-27(3,4)5)16-13-17-36-39(9,10)28(6,7)8/h12,14-15,18,20,30,32H,11,13,16-17,19H2,1-10H3/t20-/m1/s1. The summed E-state index contributed by atoms with van der Waals surface area (Å²) in [5.41, 5.74) is 0.00484. The molecule has 0 aliphatic rings. The first kappa shape index (κ1) is 33.0. The first-order valence-corrected chi connectivity index (χ1v) is 17.9. The van der Waals surface area contributed by atoms with Gasteiger partial charge in [0, 0.05) is 42.2 Å². The van der Waals surface area contributed by atoms with Crippen LogP contribution in [0.5, 0.6) is 5.75 Å². The Morgan fingerprint density at radius 2 is 1.82 bits per heavy atom. The van der Waals surface area contributed by atoms with Crippen molar-refractivity contribution in [3.8, 4) is 5.75 Å². The smallest absolute Gasteiger partial charge is 0.410 e. The first-order chi connectivity index (χ1) is 17.8. The van der Waals surface area contributed by atoms with Crippen LogP contribution < -0.4 is 4.72 Å². The van der Waals surface area contributed by atoms with Crippen molar-refractivity contribution in [2.75, 3.05) is 19.7 Å². The summed E-state index contributed by atoms with van der Waals surface area (Å²) in [6.07, 6.45) is 1.95. The molecule has 9 nitrogen and oxygen atoms in total.